The van der Waals surface area contributed by atoms with Crippen molar-refractivity contribution in [3.63, 3.8) is 0 Å². The van der Waals surface area contributed by atoms with Crippen LogP contribution in [0.2, 0.25) is 5.02 Å². The van der Waals surface area contributed by atoms with Crippen molar-refractivity contribution in [2.45, 2.75) is 25.4 Å². The molecule has 5 nitrogen and oxygen atoms in total. The van der Waals surface area contributed by atoms with Gasteiger partial charge in [-0.05, 0) is 42.0 Å². The van der Waals surface area contributed by atoms with Gasteiger partial charge in [-0.15, -0.1) is 0 Å². The van der Waals surface area contributed by atoms with Crippen molar-refractivity contribution < 1.29 is 9.90 Å². The van der Waals surface area contributed by atoms with Crippen LogP contribution >= 0.6 is 11.6 Å². The zero-order valence-electron chi connectivity index (χ0n) is 13.7. The Morgan fingerprint density at radius 3 is 2.83 bits per heavy atom. The number of amides is 1. The van der Waals surface area contributed by atoms with Crippen molar-refractivity contribution in [1.82, 2.24) is 14.7 Å². The van der Waals surface area contributed by atoms with Crippen LogP contribution < -0.4 is 0 Å². The van der Waals surface area contributed by atoms with Crippen LogP contribution in [0.5, 0.6) is 0 Å². The van der Waals surface area contributed by atoms with Crippen molar-refractivity contribution in [2.24, 2.45) is 13.0 Å². The molecular formula is C18H22ClN3O2. The highest BCUT2D eigenvalue weighted by Gasteiger charge is 2.27. The predicted octanol–water partition coefficient (Wildman–Crippen LogP) is 2.59. The van der Waals surface area contributed by atoms with E-state index in [2.05, 4.69) is 5.10 Å². The van der Waals surface area contributed by atoms with Crippen molar-refractivity contribution in [2.75, 3.05) is 13.1 Å². The van der Waals surface area contributed by atoms with Gasteiger partial charge in [-0.25, -0.2) is 0 Å². The normalized spacial score (nSPS) is 18.8. The number of carbonyl (C=O) groups excluding carboxylic acids is 1. The fourth-order valence-corrected chi connectivity index (χ4v) is 3.36. The second-order valence-corrected chi connectivity index (χ2v) is 6.93. The van der Waals surface area contributed by atoms with E-state index >= 15 is 0 Å². The summed E-state index contributed by atoms with van der Waals surface area (Å²) in [7, 11) is 1.91. The second kappa shape index (κ2) is 7.36. The summed E-state index contributed by atoms with van der Waals surface area (Å²) in [6, 6.07) is 6.97. The Bertz CT molecular complexity index is 699. The molecule has 1 fully saturated rings. The minimum absolute atomic E-state index is 0.00568. The lowest BCUT2D eigenvalue weighted by Gasteiger charge is -2.19. The molecule has 1 N–H and O–H groups in total. The Morgan fingerprint density at radius 1 is 1.42 bits per heavy atom. The zero-order valence-corrected chi connectivity index (χ0v) is 14.5. The molecule has 1 aliphatic heterocycles. The lowest BCUT2D eigenvalue weighted by atomic mass is 10.0. The lowest BCUT2D eigenvalue weighted by Crippen LogP contribution is -2.30. The van der Waals surface area contributed by atoms with Gasteiger partial charge in [-0.3, -0.25) is 9.48 Å². The number of aromatic nitrogens is 2. The van der Waals surface area contributed by atoms with E-state index in [1.807, 2.05) is 24.3 Å². The van der Waals surface area contributed by atoms with Crippen LogP contribution in [0.3, 0.4) is 0 Å². The molecule has 2 atom stereocenters. The highest BCUT2D eigenvalue weighted by Crippen LogP contribution is 2.24. The van der Waals surface area contributed by atoms with Crippen LogP contribution in [0.4, 0.5) is 0 Å². The van der Waals surface area contributed by atoms with Crippen LogP contribution in [0.15, 0.2) is 36.7 Å². The van der Waals surface area contributed by atoms with Gasteiger partial charge in [-0.1, -0.05) is 23.7 Å². The number of carbonyl (C=O) groups is 1. The molecule has 1 saturated heterocycles. The number of aliphatic hydroxyl groups excluding tert-OH is 1. The molecule has 128 valence electrons. The molecule has 0 aliphatic carbocycles. The number of rotatable bonds is 5. The topological polar surface area (TPSA) is 58.4 Å². The van der Waals surface area contributed by atoms with E-state index in [-0.39, 0.29) is 12.3 Å². The average molecular weight is 348 g/mol. The summed E-state index contributed by atoms with van der Waals surface area (Å²) in [5.74, 6) is 0.469. The molecule has 24 heavy (non-hydrogen) atoms. The van der Waals surface area contributed by atoms with E-state index in [0.29, 0.717) is 10.9 Å². The van der Waals surface area contributed by atoms with Gasteiger partial charge in [0.2, 0.25) is 5.91 Å². The van der Waals surface area contributed by atoms with Gasteiger partial charge in [-0.2, -0.15) is 5.10 Å². The van der Waals surface area contributed by atoms with E-state index < -0.39 is 6.10 Å². The van der Waals surface area contributed by atoms with Crippen LogP contribution in [-0.4, -0.2) is 38.8 Å². The predicted molar refractivity (Wildman–Crippen MR) is 92.6 cm³/mol. The number of halogens is 1. The fourth-order valence-electron chi connectivity index (χ4n) is 3.23. The van der Waals surface area contributed by atoms with Crippen molar-refractivity contribution in [1.29, 1.82) is 0 Å². The Morgan fingerprint density at radius 2 is 2.17 bits per heavy atom. The first kappa shape index (κ1) is 17.0. The van der Waals surface area contributed by atoms with E-state index in [9.17, 15) is 9.90 Å². The SMILES string of the molecule is Cn1cc(CC2CCN(C(=O)CC(O)c3ccc(Cl)cc3)C2)cn1. The Hall–Kier alpha value is -1.85. The summed E-state index contributed by atoms with van der Waals surface area (Å²) in [4.78, 5) is 14.3. The summed E-state index contributed by atoms with van der Waals surface area (Å²) >= 11 is 5.85. The number of nitrogens with zero attached hydrogens (tertiary/aromatic N) is 3. The van der Waals surface area contributed by atoms with Gasteiger partial charge < -0.3 is 10.0 Å². The number of hydrogen-bond acceptors (Lipinski definition) is 3. The molecular weight excluding hydrogens is 326 g/mol. The highest BCUT2D eigenvalue weighted by atomic mass is 35.5. The van der Waals surface area contributed by atoms with E-state index in [4.69, 9.17) is 11.6 Å². The maximum atomic E-state index is 12.4. The molecule has 0 bridgehead atoms. The summed E-state index contributed by atoms with van der Waals surface area (Å²) in [5, 5.41) is 15.1. The third-order valence-corrected chi connectivity index (χ3v) is 4.80. The summed E-state index contributed by atoms with van der Waals surface area (Å²) < 4.78 is 1.80. The molecule has 0 radical (unpaired) electrons. The van der Waals surface area contributed by atoms with Gasteiger partial charge >= 0.3 is 0 Å². The first-order chi connectivity index (χ1) is 11.5. The lowest BCUT2D eigenvalue weighted by molar-refractivity contribution is -0.132. The van der Waals surface area contributed by atoms with Gasteiger partial charge in [0.25, 0.3) is 0 Å². The molecule has 0 saturated carbocycles. The Kier molecular flexibility index (Phi) is 5.21. The third-order valence-electron chi connectivity index (χ3n) is 4.54. The van der Waals surface area contributed by atoms with E-state index in [0.717, 1.165) is 31.5 Å². The van der Waals surface area contributed by atoms with Crippen LogP contribution in [-0.2, 0) is 18.3 Å². The molecule has 2 heterocycles. The van der Waals surface area contributed by atoms with Crippen molar-refractivity contribution in [3.05, 3.63) is 52.8 Å². The Balaban J connectivity index is 1.51. The molecule has 2 aromatic rings. The molecule has 6 heteroatoms. The van der Waals surface area contributed by atoms with Gasteiger partial charge in [0, 0.05) is 31.4 Å². The van der Waals surface area contributed by atoms with E-state index in [1.165, 1.54) is 5.56 Å². The van der Waals surface area contributed by atoms with Crippen molar-refractivity contribution in [3.8, 4) is 0 Å². The minimum atomic E-state index is -0.785. The average Bonchev–Trinajstić information content (AvgIpc) is 3.17. The smallest absolute Gasteiger partial charge is 0.225 e. The number of likely N-dealkylation sites (tertiary alicyclic amines) is 1. The molecule has 1 aliphatic rings. The molecule has 2 unspecified atom stereocenters. The molecule has 0 spiro atoms. The summed E-state index contributed by atoms with van der Waals surface area (Å²) in [6.45, 7) is 1.51. The minimum Gasteiger partial charge on any atom is -0.388 e. The van der Waals surface area contributed by atoms with Gasteiger partial charge in [0.1, 0.15) is 0 Å². The number of aliphatic hydroxyl groups is 1. The fraction of sp³-hybridized carbons (Fsp3) is 0.444. The monoisotopic (exact) mass is 347 g/mol. The molecule has 1 aromatic carbocycles. The molecule has 1 amide bonds. The molecule has 3 rings (SSSR count). The number of benzene rings is 1. The first-order valence-corrected chi connectivity index (χ1v) is 8.58. The summed E-state index contributed by atoms with van der Waals surface area (Å²) in [5.41, 5.74) is 1.93. The maximum absolute atomic E-state index is 12.4. The largest absolute Gasteiger partial charge is 0.388 e. The highest BCUT2D eigenvalue weighted by molar-refractivity contribution is 6.30. The van der Waals surface area contributed by atoms with Gasteiger partial charge in [0.15, 0.2) is 0 Å². The molecule has 1 aromatic heterocycles. The third kappa shape index (κ3) is 4.16. The zero-order chi connectivity index (χ0) is 17.1. The van der Waals surface area contributed by atoms with Crippen LogP contribution in [0.25, 0.3) is 0 Å². The maximum Gasteiger partial charge on any atom is 0.225 e. The summed E-state index contributed by atoms with van der Waals surface area (Å²) in [6.07, 6.45) is 5.17. The number of aryl methyl sites for hydroxylation is 1. The van der Waals surface area contributed by atoms with Gasteiger partial charge in [0.05, 0.1) is 18.7 Å². The van der Waals surface area contributed by atoms with Crippen molar-refractivity contribution >= 4 is 17.5 Å². The van der Waals surface area contributed by atoms with E-state index in [1.54, 1.807) is 28.9 Å². The quantitative estimate of drug-likeness (QED) is 0.904. The standard InChI is InChI=1S/C18H22ClN3O2/c1-21-11-14(10-20-21)8-13-6-7-22(12-13)18(24)9-17(23)15-2-4-16(19)5-3-15/h2-5,10-11,13,17,23H,6-9,12H2,1H3. The van der Waals surface area contributed by atoms with Crippen LogP contribution in [0.1, 0.15) is 30.1 Å². The Labute approximate surface area is 146 Å². The first-order valence-electron chi connectivity index (χ1n) is 8.20. The number of hydrogen-bond donors (Lipinski definition) is 1. The second-order valence-electron chi connectivity index (χ2n) is 6.49. The van der Waals surface area contributed by atoms with Crippen LogP contribution in [0, 0.1) is 5.92 Å².